The second-order valence-corrected chi connectivity index (χ2v) is 7.74. The molecule has 0 spiro atoms. The van der Waals surface area contributed by atoms with Crippen molar-refractivity contribution in [2.24, 2.45) is 11.3 Å². The third-order valence-corrected chi connectivity index (χ3v) is 4.99. The van der Waals surface area contributed by atoms with Crippen molar-refractivity contribution in [3.63, 3.8) is 0 Å². The molecule has 0 aromatic carbocycles. The van der Waals surface area contributed by atoms with E-state index in [1.54, 1.807) is 0 Å². The van der Waals surface area contributed by atoms with Crippen molar-refractivity contribution in [1.82, 2.24) is 15.5 Å². The minimum Gasteiger partial charge on any atom is -0.444 e. The number of amides is 2. The van der Waals surface area contributed by atoms with Gasteiger partial charge in [0.1, 0.15) is 5.60 Å². The van der Waals surface area contributed by atoms with E-state index in [-0.39, 0.29) is 29.4 Å². The van der Waals surface area contributed by atoms with Crippen LogP contribution in [0.4, 0.5) is 4.79 Å². The zero-order valence-electron chi connectivity index (χ0n) is 15.1. The molecular formula is C17H31N3O3. The fraction of sp³-hybridized carbons (Fsp3) is 0.882. The summed E-state index contributed by atoms with van der Waals surface area (Å²) in [6, 6.07) is 0.0106. The topological polar surface area (TPSA) is 70.7 Å². The maximum absolute atomic E-state index is 13.0. The quantitative estimate of drug-likeness (QED) is 0.826. The highest BCUT2D eigenvalue weighted by molar-refractivity contribution is 5.84. The van der Waals surface area contributed by atoms with Crippen molar-refractivity contribution in [1.29, 1.82) is 0 Å². The number of carbonyl (C=O) groups excluding carboxylic acids is 2. The minimum atomic E-state index is -0.505. The lowest BCUT2D eigenvalue weighted by atomic mass is 9.79. The normalized spacial score (nSPS) is 30.0. The predicted molar refractivity (Wildman–Crippen MR) is 89.1 cm³/mol. The summed E-state index contributed by atoms with van der Waals surface area (Å²) in [4.78, 5) is 26.9. The highest BCUT2D eigenvalue weighted by atomic mass is 16.6. The summed E-state index contributed by atoms with van der Waals surface area (Å²) in [5, 5.41) is 6.33. The van der Waals surface area contributed by atoms with E-state index >= 15 is 0 Å². The standard InChI is InChI=1S/C17H31N3O3/c1-6-20(7-2)14(21)17-9-13(8-12(17)10-18-11-17)19-15(22)23-16(3,4)5/h12-13,18H,6-11H2,1-5H3,(H,19,22). The number of carbonyl (C=O) groups is 2. The number of nitrogens with zero attached hydrogens (tertiary/aromatic N) is 1. The zero-order valence-corrected chi connectivity index (χ0v) is 15.1. The van der Waals surface area contributed by atoms with Gasteiger partial charge in [-0.15, -0.1) is 0 Å². The van der Waals surface area contributed by atoms with Crippen LogP contribution in [0, 0.1) is 11.3 Å². The Labute approximate surface area is 139 Å². The summed E-state index contributed by atoms with van der Waals surface area (Å²) >= 11 is 0. The first kappa shape index (κ1) is 18.0. The molecule has 23 heavy (non-hydrogen) atoms. The van der Waals surface area contributed by atoms with Crippen LogP contribution in [0.5, 0.6) is 0 Å². The highest BCUT2D eigenvalue weighted by Gasteiger charge is 2.56. The van der Waals surface area contributed by atoms with E-state index < -0.39 is 5.60 Å². The van der Waals surface area contributed by atoms with Gasteiger partial charge in [0.2, 0.25) is 5.91 Å². The van der Waals surface area contributed by atoms with Gasteiger partial charge in [0, 0.05) is 25.7 Å². The minimum absolute atomic E-state index is 0.0106. The van der Waals surface area contributed by atoms with Crippen molar-refractivity contribution < 1.29 is 14.3 Å². The summed E-state index contributed by atoms with van der Waals surface area (Å²) in [6.45, 7) is 12.6. The van der Waals surface area contributed by atoms with E-state index in [1.165, 1.54) is 0 Å². The summed E-state index contributed by atoms with van der Waals surface area (Å²) in [5.74, 6) is 0.515. The molecule has 1 saturated heterocycles. The first-order valence-electron chi connectivity index (χ1n) is 8.71. The SMILES string of the molecule is CCN(CC)C(=O)C12CNCC1CC(NC(=O)OC(C)(C)C)C2. The van der Waals surface area contributed by atoms with Crippen molar-refractivity contribution in [2.75, 3.05) is 26.2 Å². The molecule has 3 atom stereocenters. The molecular weight excluding hydrogens is 294 g/mol. The Hall–Kier alpha value is -1.30. The number of hydrogen-bond donors (Lipinski definition) is 2. The third-order valence-electron chi connectivity index (χ3n) is 4.99. The van der Waals surface area contributed by atoms with Gasteiger partial charge < -0.3 is 20.3 Å². The smallest absolute Gasteiger partial charge is 0.407 e. The van der Waals surface area contributed by atoms with Crippen LogP contribution in [0.15, 0.2) is 0 Å². The van der Waals surface area contributed by atoms with Gasteiger partial charge in [0.25, 0.3) is 0 Å². The Morgan fingerprint density at radius 1 is 1.30 bits per heavy atom. The number of hydrogen-bond acceptors (Lipinski definition) is 4. The number of nitrogens with one attached hydrogen (secondary N) is 2. The molecule has 0 aromatic heterocycles. The summed E-state index contributed by atoms with van der Waals surface area (Å²) < 4.78 is 5.34. The van der Waals surface area contributed by atoms with E-state index in [0.717, 1.165) is 26.1 Å². The fourth-order valence-electron chi connectivity index (χ4n) is 3.97. The molecule has 6 heteroatoms. The summed E-state index contributed by atoms with van der Waals surface area (Å²) in [7, 11) is 0. The van der Waals surface area contributed by atoms with Gasteiger partial charge in [-0.05, 0) is 59.9 Å². The van der Waals surface area contributed by atoms with E-state index in [0.29, 0.717) is 13.0 Å². The number of ether oxygens (including phenoxy) is 1. The first-order valence-corrected chi connectivity index (χ1v) is 8.71. The molecule has 1 heterocycles. The van der Waals surface area contributed by atoms with Crippen molar-refractivity contribution in [3.05, 3.63) is 0 Å². The lowest BCUT2D eigenvalue weighted by Crippen LogP contribution is -2.47. The Kier molecular flexibility index (Phi) is 5.23. The van der Waals surface area contributed by atoms with Crippen LogP contribution in [-0.2, 0) is 9.53 Å². The van der Waals surface area contributed by atoms with Crippen molar-refractivity contribution in [3.8, 4) is 0 Å². The van der Waals surface area contributed by atoms with E-state index in [4.69, 9.17) is 4.74 Å². The molecule has 3 unspecified atom stereocenters. The average Bonchev–Trinajstić information content (AvgIpc) is 2.94. The molecule has 0 bridgehead atoms. The van der Waals surface area contributed by atoms with Crippen LogP contribution in [0.25, 0.3) is 0 Å². The van der Waals surface area contributed by atoms with Gasteiger partial charge in [-0.1, -0.05) is 0 Å². The molecule has 1 saturated carbocycles. The Balaban J connectivity index is 2.05. The van der Waals surface area contributed by atoms with Crippen LogP contribution in [-0.4, -0.2) is 54.7 Å². The van der Waals surface area contributed by atoms with Crippen molar-refractivity contribution in [2.45, 2.75) is 59.1 Å². The maximum atomic E-state index is 13.0. The van der Waals surface area contributed by atoms with Crippen molar-refractivity contribution >= 4 is 12.0 Å². The molecule has 1 aliphatic carbocycles. The van der Waals surface area contributed by atoms with Gasteiger partial charge in [0.05, 0.1) is 5.41 Å². The molecule has 2 rings (SSSR count). The van der Waals surface area contributed by atoms with E-state index in [2.05, 4.69) is 10.6 Å². The maximum Gasteiger partial charge on any atom is 0.407 e. The zero-order chi connectivity index (χ0) is 17.3. The van der Waals surface area contributed by atoms with Crippen LogP contribution in [0.3, 0.4) is 0 Å². The molecule has 1 aliphatic heterocycles. The number of alkyl carbamates (subject to hydrolysis) is 1. The number of rotatable bonds is 4. The molecule has 132 valence electrons. The van der Waals surface area contributed by atoms with Crippen LogP contribution in [0.1, 0.15) is 47.5 Å². The monoisotopic (exact) mass is 325 g/mol. The lowest BCUT2D eigenvalue weighted by Gasteiger charge is -2.33. The average molecular weight is 325 g/mol. The van der Waals surface area contributed by atoms with E-state index in [9.17, 15) is 9.59 Å². The third kappa shape index (κ3) is 3.79. The fourth-order valence-corrected chi connectivity index (χ4v) is 3.97. The molecule has 0 radical (unpaired) electrons. The van der Waals surface area contributed by atoms with Crippen LogP contribution >= 0.6 is 0 Å². The molecule has 2 fully saturated rings. The Morgan fingerprint density at radius 3 is 2.52 bits per heavy atom. The van der Waals surface area contributed by atoms with Gasteiger partial charge in [-0.2, -0.15) is 0 Å². The molecule has 2 aliphatic rings. The Bertz CT molecular complexity index is 456. The van der Waals surface area contributed by atoms with Gasteiger partial charge in [0.15, 0.2) is 0 Å². The largest absolute Gasteiger partial charge is 0.444 e. The summed E-state index contributed by atoms with van der Waals surface area (Å²) in [5.41, 5.74) is -0.874. The number of fused-ring (bicyclic) bond motifs is 1. The molecule has 0 aromatic rings. The Morgan fingerprint density at radius 2 is 1.96 bits per heavy atom. The highest BCUT2D eigenvalue weighted by Crippen LogP contribution is 2.47. The first-order chi connectivity index (χ1) is 10.7. The second kappa shape index (κ2) is 6.67. The van der Waals surface area contributed by atoms with E-state index in [1.807, 2.05) is 39.5 Å². The molecule has 2 N–H and O–H groups in total. The predicted octanol–water partition coefficient (Wildman–Crippen LogP) is 1.75. The lowest BCUT2D eigenvalue weighted by molar-refractivity contribution is -0.142. The molecule has 2 amide bonds. The van der Waals surface area contributed by atoms with Gasteiger partial charge in [-0.25, -0.2) is 4.79 Å². The van der Waals surface area contributed by atoms with Crippen LogP contribution in [0.2, 0.25) is 0 Å². The molecule has 6 nitrogen and oxygen atoms in total. The second-order valence-electron chi connectivity index (χ2n) is 7.74. The van der Waals surface area contributed by atoms with Gasteiger partial charge in [-0.3, -0.25) is 4.79 Å². The van der Waals surface area contributed by atoms with Gasteiger partial charge >= 0.3 is 6.09 Å². The van der Waals surface area contributed by atoms with Crippen LogP contribution < -0.4 is 10.6 Å². The summed E-state index contributed by atoms with van der Waals surface area (Å²) in [6.07, 6.45) is 1.14.